The molecule has 2 amide bonds. The first-order chi connectivity index (χ1) is 12.6. The minimum absolute atomic E-state index is 0.153. The van der Waals surface area contributed by atoms with Crippen LogP contribution >= 0.6 is 34.4 Å². The van der Waals surface area contributed by atoms with E-state index in [4.69, 9.17) is 4.74 Å². The molecule has 0 aliphatic rings. The molecule has 0 atom stereocenters. The Balaban J connectivity index is 1.48. The van der Waals surface area contributed by atoms with Crippen molar-refractivity contribution in [3.63, 3.8) is 0 Å². The predicted octanol–water partition coefficient (Wildman–Crippen LogP) is 3.59. The lowest BCUT2D eigenvalue weighted by Gasteiger charge is -2.05. The number of nitrogens with zero attached hydrogens (tertiary/aromatic N) is 2. The molecule has 3 rings (SSSR count). The molecular weight excluding hydrogens is 392 g/mol. The van der Waals surface area contributed by atoms with Crippen molar-refractivity contribution in [2.45, 2.75) is 4.34 Å². The zero-order valence-corrected chi connectivity index (χ0v) is 16.0. The van der Waals surface area contributed by atoms with Crippen molar-refractivity contribution in [1.29, 1.82) is 0 Å². The van der Waals surface area contributed by atoms with Crippen LogP contribution in [0, 0.1) is 0 Å². The van der Waals surface area contributed by atoms with E-state index in [0.717, 1.165) is 5.75 Å². The van der Waals surface area contributed by atoms with Gasteiger partial charge in [0.1, 0.15) is 5.75 Å². The Morgan fingerprint density at radius 1 is 1.15 bits per heavy atom. The second-order valence-corrected chi connectivity index (χ2v) is 8.02. The number of aromatic nitrogens is 2. The van der Waals surface area contributed by atoms with Crippen LogP contribution in [0.4, 0.5) is 10.8 Å². The molecule has 0 aliphatic heterocycles. The number of rotatable bonds is 7. The molecule has 0 aliphatic carbocycles. The molecule has 0 radical (unpaired) electrons. The van der Waals surface area contributed by atoms with E-state index in [1.54, 1.807) is 37.4 Å². The van der Waals surface area contributed by atoms with Gasteiger partial charge in [-0.05, 0) is 35.7 Å². The number of nitrogens with one attached hydrogen (secondary N) is 2. The number of benzene rings is 1. The smallest absolute Gasteiger partial charge is 0.267 e. The summed E-state index contributed by atoms with van der Waals surface area (Å²) in [5.74, 6) is 0.548. The van der Waals surface area contributed by atoms with Crippen molar-refractivity contribution in [2.24, 2.45) is 0 Å². The quantitative estimate of drug-likeness (QED) is 0.460. The molecule has 0 unspecified atom stereocenters. The van der Waals surface area contributed by atoms with Gasteiger partial charge < -0.3 is 10.1 Å². The van der Waals surface area contributed by atoms with E-state index in [1.165, 1.54) is 34.4 Å². The van der Waals surface area contributed by atoms with Crippen molar-refractivity contribution >= 4 is 57.1 Å². The third-order valence-electron chi connectivity index (χ3n) is 3.07. The minimum atomic E-state index is -0.218. The van der Waals surface area contributed by atoms with Crippen LogP contribution in [-0.2, 0) is 4.79 Å². The monoisotopic (exact) mass is 406 g/mol. The van der Waals surface area contributed by atoms with Gasteiger partial charge in [0.25, 0.3) is 5.91 Å². The maximum Gasteiger partial charge on any atom is 0.267 e. The number of amides is 2. The van der Waals surface area contributed by atoms with Crippen LogP contribution in [-0.4, -0.2) is 34.9 Å². The second kappa shape index (κ2) is 8.79. The minimum Gasteiger partial charge on any atom is -0.497 e. The molecule has 10 heteroatoms. The molecule has 7 nitrogen and oxygen atoms in total. The fraction of sp³-hybridized carbons (Fsp3) is 0.125. The van der Waals surface area contributed by atoms with E-state index in [9.17, 15) is 9.59 Å². The first-order valence-electron chi connectivity index (χ1n) is 7.39. The summed E-state index contributed by atoms with van der Waals surface area (Å²) in [6.45, 7) is 0. The van der Waals surface area contributed by atoms with Gasteiger partial charge in [-0.25, -0.2) is 0 Å². The van der Waals surface area contributed by atoms with Crippen molar-refractivity contribution in [3.05, 3.63) is 46.7 Å². The Labute approximate surface area is 161 Å². The molecule has 26 heavy (non-hydrogen) atoms. The highest BCUT2D eigenvalue weighted by atomic mass is 32.2. The van der Waals surface area contributed by atoms with Crippen LogP contribution in [0.3, 0.4) is 0 Å². The lowest BCUT2D eigenvalue weighted by Crippen LogP contribution is -2.13. The summed E-state index contributed by atoms with van der Waals surface area (Å²) in [6, 6.07) is 10.6. The van der Waals surface area contributed by atoms with E-state index in [2.05, 4.69) is 20.8 Å². The van der Waals surface area contributed by atoms with Crippen LogP contribution in [0.1, 0.15) is 9.67 Å². The lowest BCUT2D eigenvalue weighted by molar-refractivity contribution is -0.113. The van der Waals surface area contributed by atoms with Crippen LogP contribution in [0.25, 0.3) is 0 Å². The summed E-state index contributed by atoms with van der Waals surface area (Å²) >= 11 is 3.84. The SMILES string of the molecule is COc1ccc(NC(=O)CSc2nnc(NC(=O)c3cccs3)s2)cc1. The van der Waals surface area contributed by atoms with Crippen molar-refractivity contribution in [3.8, 4) is 5.75 Å². The lowest BCUT2D eigenvalue weighted by atomic mass is 10.3. The molecule has 0 fully saturated rings. The second-order valence-electron chi connectivity index (χ2n) is 4.87. The van der Waals surface area contributed by atoms with Crippen LogP contribution in [0.5, 0.6) is 5.75 Å². The normalized spacial score (nSPS) is 10.3. The van der Waals surface area contributed by atoms with Crippen molar-refractivity contribution in [2.75, 3.05) is 23.5 Å². The van der Waals surface area contributed by atoms with Gasteiger partial charge in [-0.3, -0.25) is 14.9 Å². The van der Waals surface area contributed by atoms with Gasteiger partial charge in [-0.2, -0.15) is 0 Å². The molecule has 0 spiro atoms. The number of methoxy groups -OCH3 is 1. The first kappa shape index (κ1) is 18.4. The summed E-state index contributed by atoms with van der Waals surface area (Å²) < 4.78 is 5.68. The van der Waals surface area contributed by atoms with E-state index < -0.39 is 0 Å². The Morgan fingerprint density at radius 3 is 2.65 bits per heavy atom. The summed E-state index contributed by atoms with van der Waals surface area (Å²) in [4.78, 5) is 24.6. The highest BCUT2D eigenvalue weighted by molar-refractivity contribution is 8.01. The molecular formula is C16H14N4O3S3. The van der Waals surface area contributed by atoms with Gasteiger partial charge in [0.2, 0.25) is 11.0 Å². The predicted molar refractivity (Wildman–Crippen MR) is 105 cm³/mol. The zero-order chi connectivity index (χ0) is 18.4. The zero-order valence-electron chi connectivity index (χ0n) is 13.6. The van der Waals surface area contributed by atoms with Gasteiger partial charge >= 0.3 is 0 Å². The molecule has 0 saturated carbocycles. The number of anilines is 2. The Bertz CT molecular complexity index is 879. The molecule has 0 bridgehead atoms. The third-order valence-corrected chi connectivity index (χ3v) is 5.91. The number of carbonyl (C=O) groups is 2. The van der Waals surface area contributed by atoms with Gasteiger partial charge in [-0.15, -0.1) is 21.5 Å². The molecule has 2 aromatic heterocycles. The molecule has 0 saturated heterocycles. The number of carbonyl (C=O) groups excluding carboxylic acids is 2. The largest absolute Gasteiger partial charge is 0.497 e. The highest BCUT2D eigenvalue weighted by Gasteiger charge is 2.12. The van der Waals surface area contributed by atoms with Gasteiger partial charge in [0, 0.05) is 5.69 Å². The van der Waals surface area contributed by atoms with Crippen LogP contribution in [0.15, 0.2) is 46.1 Å². The summed E-state index contributed by atoms with van der Waals surface area (Å²) in [5, 5.41) is 15.6. The van der Waals surface area contributed by atoms with Crippen LogP contribution < -0.4 is 15.4 Å². The Hall–Kier alpha value is -2.43. The topological polar surface area (TPSA) is 93.2 Å². The third kappa shape index (κ3) is 5.04. The molecule has 134 valence electrons. The molecule has 3 aromatic rings. The average molecular weight is 407 g/mol. The molecule has 2 N–H and O–H groups in total. The maximum absolute atomic E-state index is 12.0. The number of hydrogen-bond acceptors (Lipinski definition) is 8. The fourth-order valence-corrected chi connectivity index (χ4v) is 4.05. The Kier molecular flexibility index (Phi) is 6.21. The van der Waals surface area contributed by atoms with E-state index >= 15 is 0 Å². The van der Waals surface area contributed by atoms with E-state index in [-0.39, 0.29) is 17.6 Å². The van der Waals surface area contributed by atoms with E-state index in [0.29, 0.717) is 20.0 Å². The van der Waals surface area contributed by atoms with Crippen LogP contribution in [0.2, 0.25) is 0 Å². The van der Waals surface area contributed by atoms with E-state index in [1.807, 2.05) is 11.4 Å². The number of thioether (sulfide) groups is 1. The first-order valence-corrected chi connectivity index (χ1v) is 10.1. The van der Waals surface area contributed by atoms with Gasteiger partial charge in [0.15, 0.2) is 4.34 Å². The van der Waals surface area contributed by atoms with Gasteiger partial charge in [0.05, 0.1) is 17.7 Å². The number of ether oxygens (including phenoxy) is 1. The summed E-state index contributed by atoms with van der Waals surface area (Å²) in [5.41, 5.74) is 0.692. The van der Waals surface area contributed by atoms with Gasteiger partial charge in [-0.1, -0.05) is 29.2 Å². The molecule has 1 aromatic carbocycles. The maximum atomic E-state index is 12.0. The summed E-state index contributed by atoms with van der Waals surface area (Å²) in [6.07, 6.45) is 0. The highest BCUT2D eigenvalue weighted by Crippen LogP contribution is 2.26. The fourth-order valence-electron chi connectivity index (χ4n) is 1.88. The standard InChI is InChI=1S/C16H14N4O3S3/c1-23-11-6-4-10(5-7-11)17-13(21)9-25-16-20-19-15(26-16)18-14(22)12-3-2-8-24-12/h2-8H,9H2,1H3,(H,17,21)(H,18,19,22). The van der Waals surface area contributed by atoms with Crippen molar-refractivity contribution < 1.29 is 14.3 Å². The summed E-state index contributed by atoms with van der Waals surface area (Å²) in [7, 11) is 1.59. The van der Waals surface area contributed by atoms with Crippen molar-refractivity contribution in [1.82, 2.24) is 10.2 Å². The number of thiophene rings is 1. The molecule has 2 heterocycles. The average Bonchev–Trinajstić information content (AvgIpc) is 3.33. The number of hydrogen-bond donors (Lipinski definition) is 2. The Morgan fingerprint density at radius 2 is 1.96 bits per heavy atom.